The first kappa shape index (κ1) is 17.7. The number of amides is 1. The fourth-order valence-electron chi connectivity index (χ4n) is 3.83. The molecule has 2 atom stereocenters. The van der Waals surface area contributed by atoms with E-state index in [-0.39, 0.29) is 17.9 Å². The Morgan fingerprint density at radius 3 is 2.93 bits per heavy atom. The van der Waals surface area contributed by atoms with Crippen molar-refractivity contribution in [2.24, 2.45) is 5.92 Å². The number of aryl methyl sites for hydroxylation is 2. The van der Waals surface area contributed by atoms with Crippen LogP contribution in [0.3, 0.4) is 0 Å². The molecule has 4 rings (SSSR count). The maximum absolute atomic E-state index is 12.6. The Morgan fingerprint density at radius 1 is 1.26 bits per heavy atom. The van der Waals surface area contributed by atoms with Gasteiger partial charge in [-0.3, -0.25) is 14.9 Å². The molecule has 6 heteroatoms. The fourth-order valence-corrected chi connectivity index (χ4v) is 3.83. The van der Waals surface area contributed by atoms with E-state index in [9.17, 15) is 4.79 Å². The first-order valence-electron chi connectivity index (χ1n) is 9.32. The average molecular weight is 364 g/mol. The zero-order valence-electron chi connectivity index (χ0n) is 15.7. The summed E-state index contributed by atoms with van der Waals surface area (Å²) in [6.45, 7) is 5.08. The number of aromatic nitrogens is 3. The van der Waals surface area contributed by atoms with Crippen LogP contribution >= 0.6 is 0 Å². The number of nitrogens with one attached hydrogen (secondary N) is 2. The van der Waals surface area contributed by atoms with E-state index in [1.165, 1.54) is 10.9 Å². The number of carbonyl (C=O) groups is 1. The maximum atomic E-state index is 12.6. The summed E-state index contributed by atoms with van der Waals surface area (Å²) in [6.07, 6.45) is 3.05. The number of benzene rings is 1. The summed E-state index contributed by atoms with van der Waals surface area (Å²) in [6, 6.07) is 10.3. The molecule has 0 radical (unpaired) electrons. The number of para-hydroxylation sites is 1. The monoisotopic (exact) mass is 364 g/mol. The van der Waals surface area contributed by atoms with E-state index < -0.39 is 0 Å². The van der Waals surface area contributed by atoms with E-state index in [2.05, 4.69) is 32.6 Å². The molecule has 0 aliphatic carbocycles. The minimum absolute atomic E-state index is 0.0164. The van der Waals surface area contributed by atoms with Crippen LogP contribution in [0.4, 0.5) is 0 Å². The second-order valence-electron chi connectivity index (χ2n) is 7.25. The molecule has 0 unspecified atom stereocenters. The van der Waals surface area contributed by atoms with Gasteiger partial charge >= 0.3 is 0 Å². The molecule has 2 N–H and O–H groups in total. The van der Waals surface area contributed by atoms with Crippen molar-refractivity contribution < 1.29 is 9.53 Å². The maximum Gasteiger partial charge on any atom is 0.224 e. The number of aromatic amines is 1. The van der Waals surface area contributed by atoms with Gasteiger partial charge in [-0.25, -0.2) is 0 Å². The molecule has 1 fully saturated rings. The Bertz CT molecular complexity index is 941. The van der Waals surface area contributed by atoms with Crippen molar-refractivity contribution >= 4 is 16.8 Å². The third-order valence-corrected chi connectivity index (χ3v) is 5.38. The number of pyridine rings is 1. The Balaban J connectivity index is 1.45. The van der Waals surface area contributed by atoms with E-state index in [0.717, 1.165) is 28.9 Å². The van der Waals surface area contributed by atoms with Gasteiger partial charge in [0.1, 0.15) is 0 Å². The predicted octanol–water partition coefficient (Wildman–Crippen LogP) is 2.49. The topological polar surface area (TPSA) is 79.9 Å². The molecule has 3 aromatic rings. The van der Waals surface area contributed by atoms with Gasteiger partial charge in [0.15, 0.2) is 0 Å². The third-order valence-electron chi connectivity index (χ3n) is 5.38. The molecule has 0 bridgehead atoms. The molecule has 1 amide bonds. The van der Waals surface area contributed by atoms with Crippen molar-refractivity contribution in [2.75, 3.05) is 13.2 Å². The van der Waals surface area contributed by atoms with Gasteiger partial charge in [-0.2, -0.15) is 5.10 Å². The van der Waals surface area contributed by atoms with Crippen LogP contribution in [0.5, 0.6) is 0 Å². The Morgan fingerprint density at radius 2 is 2.11 bits per heavy atom. The number of rotatable bonds is 5. The van der Waals surface area contributed by atoms with Gasteiger partial charge in [-0.1, -0.05) is 18.2 Å². The second kappa shape index (κ2) is 7.48. The third kappa shape index (κ3) is 3.71. The largest absolute Gasteiger partial charge is 0.379 e. The lowest BCUT2D eigenvalue weighted by Gasteiger charge is -2.20. The number of fused-ring (bicyclic) bond motifs is 1. The number of hydrogen-bond donors (Lipinski definition) is 2. The first-order chi connectivity index (χ1) is 13.1. The summed E-state index contributed by atoms with van der Waals surface area (Å²) < 4.78 is 5.69. The second-order valence-corrected chi connectivity index (χ2v) is 7.25. The minimum Gasteiger partial charge on any atom is -0.379 e. The Labute approximate surface area is 158 Å². The van der Waals surface area contributed by atoms with Crippen molar-refractivity contribution in [3.05, 3.63) is 59.0 Å². The number of ether oxygens (including phenoxy) is 1. The molecule has 1 aliphatic rings. The Kier molecular flexibility index (Phi) is 4.90. The minimum atomic E-state index is 0.0164. The summed E-state index contributed by atoms with van der Waals surface area (Å²) in [7, 11) is 0. The van der Waals surface area contributed by atoms with Gasteiger partial charge in [0, 0.05) is 28.8 Å². The highest BCUT2D eigenvalue weighted by Crippen LogP contribution is 2.24. The molecular formula is C21H24N4O2. The molecule has 1 aliphatic heterocycles. The van der Waals surface area contributed by atoms with E-state index >= 15 is 0 Å². The summed E-state index contributed by atoms with van der Waals surface area (Å²) in [5.74, 6) is 0.272. The van der Waals surface area contributed by atoms with Crippen LogP contribution < -0.4 is 5.32 Å². The SMILES string of the molecule is Cc1n[nH]c(C)c1CC(=O)N[C@@H]1COC[C@H]1Cc1ccnc2ccccc12. The van der Waals surface area contributed by atoms with Gasteiger partial charge in [0.25, 0.3) is 0 Å². The van der Waals surface area contributed by atoms with Gasteiger partial charge < -0.3 is 10.1 Å². The van der Waals surface area contributed by atoms with Crippen LogP contribution in [-0.2, 0) is 22.4 Å². The van der Waals surface area contributed by atoms with Gasteiger partial charge in [-0.05, 0) is 38.0 Å². The van der Waals surface area contributed by atoms with Crippen molar-refractivity contribution in [3.8, 4) is 0 Å². The van der Waals surface area contributed by atoms with Crippen LogP contribution in [0.1, 0.15) is 22.5 Å². The smallest absolute Gasteiger partial charge is 0.224 e. The number of carbonyl (C=O) groups excluding carboxylic acids is 1. The summed E-state index contributed by atoms with van der Waals surface area (Å²) >= 11 is 0. The lowest BCUT2D eigenvalue weighted by Crippen LogP contribution is -2.41. The predicted molar refractivity (Wildman–Crippen MR) is 103 cm³/mol. The fraction of sp³-hybridized carbons (Fsp3) is 0.381. The molecule has 3 heterocycles. The lowest BCUT2D eigenvalue weighted by molar-refractivity contribution is -0.121. The van der Waals surface area contributed by atoms with Crippen molar-refractivity contribution in [1.29, 1.82) is 0 Å². The van der Waals surface area contributed by atoms with Gasteiger partial charge in [0.05, 0.1) is 36.9 Å². The van der Waals surface area contributed by atoms with Crippen molar-refractivity contribution in [2.45, 2.75) is 32.7 Å². The highest BCUT2D eigenvalue weighted by atomic mass is 16.5. The van der Waals surface area contributed by atoms with Crippen LogP contribution in [0.25, 0.3) is 10.9 Å². The normalized spacial score (nSPS) is 19.5. The summed E-state index contributed by atoms with van der Waals surface area (Å²) in [5.41, 5.74) is 5.05. The van der Waals surface area contributed by atoms with E-state index in [4.69, 9.17) is 4.74 Å². The van der Waals surface area contributed by atoms with Gasteiger partial charge in [-0.15, -0.1) is 0 Å². The molecule has 6 nitrogen and oxygen atoms in total. The van der Waals surface area contributed by atoms with E-state index in [1.807, 2.05) is 38.2 Å². The molecule has 0 spiro atoms. The van der Waals surface area contributed by atoms with Crippen LogP contribution in [0, 0.1) is 19.8 Å². The molecule has 27 heavy (non-hydrogen) atoms. The summed E-state index contributed by atoms with van der Waals surface area (Å²) in [4.78, 5) is 17.0. The van der Waals surface area contributed by atoms with Crippen LogP contribution in [-0.4, -0.2) is 40.3 Å². The molecule has 0 saturated carbocycles. The molecule has 140 valence electrons. The van der Waals surface area contributed by atoms with E-state index in [0.29, 0.717) is 19.6 Å². The molecule has 1 saturated heterocycles. The van der Waals surface area contributed by atoms with Crippen LogP contribution in [0.2, 0.25) is 0 Å². The van der Waals surface area contributed by atoms with E-state index in [1.54, 1.807) is 0 Å². The molecule has 1 aromatic carbocycles. The zero-order chi connectivity index (χ0) is 18.8. The first-order valence-corrected chi connectivity index (χ1v) is 9.32. The molecule has 2 aromatic heterocycles. The average Bonchev–Trinajstić information content (AvgIpc) is 3.23. The quantitative estimate of drug-likeness (QED) is 0.729. The van der Waals surface area contributed by atoms with Crippen LogP contribution in [0.15, 0.2) is 36.5 Å². The lowest BCUT2D eigenvalue weighted by atomic mass is 9.93. The summed E-state index contributed by atoms with van der Waals surface area (Å²) in [5, 5.41) is 11.4. The highest BCUT2D eigenvalue weighted by molar-refractivity contribution is 5.82. The standard InChI is InChI=1S/C21H24N4O2/c1-13-18(14(2)25-24-13)10-21(26)23-20-12-27-11-16(20)9-15-7-8-22-19-6-4-3-5-17(15)19/h3-8,16,20H,9-12H2,1-2H3,(H,23,26)(H,24,25)/t16-,20-/m1/s1. The zero-order valence-corrected chi connectivity index (χ0v) is 15.7. The molecular weight excluding hydrogens is 340 g/mol. The number of nitrogens with zero attached hydrogens (tertiary/aromatic N) is 2. The Hall–Kier alpha value is -2.73. The van der Waals surface area contributed by atoms with Crippen molar-refractivity contribution in [1.82, 2.24) is 20.5 Å². The highest BCUT2D eigenvalue weighted by Gasteiger charge is 2.30. The van der Waals surface area contributed by atoms with Crippen molar-refractivity contribution in [3.63, 3.8) is 0 Å². The number of H-pyrrole nitrogens is 1. The van der Waals surface area contributed by atoms with Gasteiger partial charge in [0.2, 0.25) is 5.91 Å². The number of hydrogen-bond acceptors (Lipinski definition) is 4.